The summed E-state index contributed by atoms with van der Waals surface area (Å²) in [5.74, 6) is -0.0275. The number of H-pyrrole nitrogens is 1. The summed E-state index contributed by atoms with van der Waals surface area (Å²) in [5, 5.41) is 0. The smallest absolute Gasteiger partial charge is 0.255 e. The van der Waals surface area contributed by atoms with Crippen molar-refractivity contribution in [3.8, 4) is 0 Å². The highest BCUT2D eigenvalue weighted by molar-refractivity contribution is 5.93. The minimum atomic E-state index is -0.224. The van der Waals surface area contributed by atoms with Crippen LogP contribution in [0.25, 0.3) is 0 Å². The van der Waals surface area contributed by atoms with Crippen molar-refractivity contribution >= 4 is 11.8 Å². The van der Waals surface area contributed by atoms with E-state index in [-0.39, 0.29) is 17.4 Å². The zero-order valence-corrected chi connectivity index (χ0v) is 12.3. The van der Waals surface area contributed by atoms with Gasteiger partial charge < -0.3 is 14.8 Å². The maximum absolute atomic E-state index is 12.3. The molecule has 7 nitrogen and oxygen atoms in total. The summed E-state index contributed by atoms with van der Waals surface area (Å²) in [6.45, 7) is 2.90. The Morgan fingerprint density at radius 1 is 1.19 bits per heavy atom. The van der Waals surface area contributed by atoms with E-state index in [4.69, 9.17) is 0 Å². The first-order chi connectivity index (χ1) is 9.97. The predicted molar refractivity (Wildman–Crippen MR) is 78.1 cm³/mol. The highest BCUT2D eigenvalue weighted by atomic mass is 16.2. The molecule has 1 N–H and O–H groups in total. The van der Waals surface area contributed by atoms with Gasteiger partial charge in [-0.25, -0.2) is 0 Å². The van der Waals surface area contributed by atoms with Gasteiger partial charge in [-0.2, -0.15) is 0 Å². The number of nitrogens with zero attached hydrogens (tertiary/aromatic N) is 3. The molecule has 0 spiro atoms. The molecule has 0 bridgehead atoms. The normalized spacial score (nSPS) is 15.8. The standard InChI is InChI=1S/C14H20N4O3/c1-16(2)13(20)10-17-5-7-18(8-6-17)14(21)11-3-4-12(19)15-9-11/h3-4,9H,5-8,10H2,1-2H3,(H,15,19). The van der Waals surface area contributed by atoms with Gasteiger partial charge >= 0.3 is 0 Å². The summed E-state index contributed by atoms with van der Waals surface area (Å²) in [7, 11) is 3.47. The molecule has 0 aromatic carbocycles. The van der Waals surface area contributed by atoms with Crippen LogP contribution in [-0.2, 0) is 4.79 Å². The fraction of sp³-hybridized carbons (Fsp3) is 0.500. The number of amides is 2. The number of aromatic amines is 1. The quantitative estimate of drug-likeness (QED) is 0.793. The molecule has 7 heteroatoms. The SMILES string of the molecule is CN(C)C(=O)CN1CCN(C(=O)c2ccc(=O)[nH]c2)CC1. The van der Waals surface area contributed by atoms with E-state index in [1.807, 2.05) is 4.90 Å². The van der Waals surface area contributed by atoms with Gasteiger partial charge in [0.05, 0.1) is 12.1 Å². The summed E-state index contributed by atoms with van der Waals surface area (Å²) < 4.78 is 0. The highest BCUT2D eigenvalue weighted by Gasteiger charge is 2.23. The lowest BCUT2D eigenvalue weighted by Crippen LogP contribution is -2.51. The Labute approximate surface area is 123 Å². The largest absolute Gasteiger partial charge is 0.348 e. The van der Waals surface area contributed by atoms with Crippen LogP contribution in [0.2, 0.25) is 0 Å². The Balaban J connectivity index is 1.89. The fourth-order valence-corrected chi connectivity index (χ4v) is 2.17. The van der Waals surface area contributed by atoms with Crippen LogP contribution in [0.3, 0.4) is 0 Å². The van der Waals surface area contributed by atoms with E-state index in [0.29, 0.717) is 38.3 Å². The Bertz CT molecular complexity index is 553. The summed E-state index contributed by atoms with van der Waals surface area (Å²) in [5.41, 5.74) is 0.256. The van der Waals surface area contributed by atoms with Gasteiger partial charge in [0.15, 0.2) is 0 Å². The monoisotopic (exact) mass is 292 g/mol. The van der Waals surface area contributed by atoms with E-state index < -0.39 is 0 Å². The minimum absolute atomic E-state index is 0.0652. The maximum Gasteiger partial charge on any atom is 0.255 e. The molecule has 1 fully saturated rings. The molecule has 1 aliphatic rings. The second-order valence-corrected chi connectivity index (χ2v) is 5.30. The van der Waals surface area contributed by atoms with Gasteiger partial charge in [-0.1, -0.05) is 0 Å². The molecule has 1 aromatic heterocycles. The Morgan fingerprint density at radius 3 is 2.38 bits per heavy atom. The number of carbonyl (C=O) groups excluding carboxylic acids is 2. The first-order valence-corrected chi connectivity index (χ1v) is 6.88. The van der Waals surface area contributed by atoms with E-state index in [9.17, 15) is 14.4 Å². The molecule has 1 saturated heterocycles. The van der Waals surface area contributed by atoms with Crippen LogP contribution in [0.1, 0.15) is 10.4 Å². The third-order valence-corrected chi connectivity index (χ3v) is 3.55. The second-order valence-electron chi connectivity index (χ2n) is 5.30. The third-order valence-electron chi connectivity index (χ3n) is 3.55. The van der Waals surface area contributed by atoms with Crippen molar-refractivity contribution in [3.63, 3.8) is 0 Å². The van der Waals surface area contributed by atoms with Crippen molar-refractivity contribution in [2.24, 2.45) is 0 Å². The zero-order valence-electron chi connectivity index (χ0n) is 12.3. The average molecular weight is 292 g/mol. The van der Waals surface area contributed by atoms with Gasteiger partial charge in [0.2, 0.25) is 11.5 Å². The van der Waals surface area contributed by atoms with Crippen LogP contribution in [0.15, 0.2) is 23.1 Å². The van der Waals surface area contributed by atoms with Crippen molar-refractivity contribution in [2.45, 2.75) is 0 Å². The lowest BCUT2D eigenvalue weighted by Gasteiger charge is -2.34. The zero-order chi connectivity index (χ0) is 15.4. The fourth-order valence-electron chi connectivity index (χ4n) is 2.17. The van der Waals surface area contributed by atoms with E-state index in [1.54, 1.807) is 23.9 Å². The molecule has 0 aliphatic carbocycles. The first-order valence-electron chi connectivity index (χ1n) is 6.88. The Morgan fingerprint density at radius 2 is 1.86 bits per heavy atom. The maximum atomic E-state index is 12.3. The van der Waals surface area contributed by atoms with Crippen molar-refractivity contribution in [1.29, 1.82) is 0 Å². The van der Waals surface area contributed by atoms with Gasteiger partial charge in [0, 0.05) is 52.5 Å². The van der Waals surface area contributed by atoms with Gasteiger partial charge in [0.1, 0.15) is 0 Å². The molecule has 1 aliphatic heterocycles. The van der Waals surface area contributed by atoms with Crippen molar-refractivity contribution in [1.82, 2.24) is 19.7 Å². The number of aromatic nitrogens is 1. The predicted octanol–water partition coefficient (Wildman–Crippen LogP) is -0.779. The minimum Gasteiger partial charge on any atom is -0.348 e. The molecule has 0 saturated carbocycles. The topological polar surface area (TPSA) is 76.7 Å². The number of hydrogen-bond donors (Lipinski definition) is 1. The number of rotatable bonds is 3. The van der Waals surface area contributed by atoms with Crippen LogP contribution in [0.4, 0.5) is 0 Å². The van der Waals surface area contributed by atoms with Gasteiger partial charge in [-0.15, -0.1) is 0 Å². The Hall–Kier alpha value is -2.15. The molecule has 2 heterocycles. The molecule has 0 unspecified atom stereocenters. The van der Waals surface area contributed by atoms with E-state index in [1.165, 1.54) is 18.3 Å². The molecular weight excluding hydrogens is 272 g/mol. The van der Waals surface area contributed by atoms with Crippen molar-refractivity contribution < 1.29 is 9.59 Å². The molecule has 2 amide bonds. The van der Waals surface area contributed by atoms with Crippen LogP contribution in [-0.4, -0.2) is 78.3 Å². The van der Waals surface area contributed by atoms with Crippen LogP contribution >= 0.6 is 0 Å². The number of carbonyl (C=O) groups is 2. The second kappa shape index (κ2) is 6.53. The first kappa shape index (κ1) is 15.2. The summed E-state index contributed by atoms with van der Waals surface area (Å²) in [6.07, 6.45) is 1.44. The third kappa shape index (κ3) is 3.91. The van der Waals surface area contributed by atoms with E-state index in [0.717, 1.165) is 0 Å². The van der Waals surface area contributed by atoms with Crippen molar-refractivity contribution in [3.05, 3.63) is 34.2 Å². The average Bonchev–Trinajstić information content (AvgIpc) is 2.48. The van der Waals surface area contributed by atoms with Crippen LogP contribution < -0.4 is 5.56 Å². The van der Waals surface area contributed by atoms with Gasteiger partial charge in [0.25, 0.3) is 5.91 Å². The molecule has 0 radical (unpaired) electrons. The molecular formula is C14H20N4O3. The van der Waals surface area contributed by atoms with Gasteiger partial charge in [-0.05, 0) is 6.07 Å². The number of piperazine rings is 1. The number of pyridine rings is 1. The summed E-state index contributed by atoms with van der Waals surface area (Å²) in [4.78, 5) is 42.8. The molecule has 114 valence electrons. The lowest BCUT2D eigenvalue weighted by molar-refractivity contribution is -0.130. The lowest BCUT2D eigenvalue weighted by atomic mass is 10.2. The van der Waals surface area contributed by atoms with Crippen molar-refractivity contribution in [2.75, 3.05) is 46.8 Å². The van der Waals surface area contributed by atoms with E-state index >= 15 is 0 Å². The molecule has 0 atom stereocenters. The van der Waals surface area contributed by atoms with Gasteiger partial charge in [-0.3, -0.25) is 19.3 Å². The summed E-state index contributed by atoms with van der Waals surface area (Å²) in [6, 6.07) is 2.88. The number of hydrogen-bond acceptors (Lipinski definition) is 4. The summed E-state index contributed by atoms with van der Waals surface area (Å²) >= 11 is 0. The molecule has 2 rings (SSSR count). The number of likely N-dealkylation sites (N-methyl/N-ethyl adjacent to an activating group) is 1. The van der Waals surface area contributed by atoms with Crippen LogP contribution in [0, 0.1) is 0 Å². The van der Waals surface area contributed by atoms with E-state index in [2.05, 4.69) is 4.98 Å². The Kier molecular flexibility index (Phi) is 4.74. The molecule has 1 aromatic rings. The molecule has 21 heavy (non-hydrogen) atoms. The number of nitrogens with one attached hydrogen (secondary N) is 1. The highest BCUT2D eigenvalue weighted by Crippen LogP contribution is 2.07. The van der Waals surface area contributed by atoms with Crippen LogP contribution in [0.5, 0.6) is 0 Å².